The van der Waals surface area contributed by atoms with E-state index in [1.54, 1.807) is 97.1 Å². The number of hydrogen-bond acceptors (Lipinski definition) is 5. The normalized spacial score (nSPS) is 14.0. The van der Waals surface area contributed by atoms with Gasteiger partial charge in [-0.3, -0.25) is 13.9 Å². The molecule has 0 fully saturated rings. The Balaban J connectivity index is 1.72. The maximum absolute atomic E-state index is 14.0. The summed E-state index contributed by atoms with van der Waals surface area (Å²) < 4.78 is 34.1. The van der Waals surface area contributed by atoms with Gasteiger partial charge in [0.05, 0.1) is 24.2 Å². The van der Waals surface area contributed by atoms with Gasteiger partial charge in [0.15, 0.2) is 0 Å². The van der Waals surface area contributed by atoms with Crippen LogP contribution in [-0.2, 0) is 16.6 Å². The summed E-state index contributed by atoms with van der Waals surface area (Å²) in [6, 6.07) is 30.3. The van der Waals surface area contributed by atoms with Crippen molar-refractivity contribution in [2.45, 2.75) is 11.4 Å². The van der Waals surface area contributed by atoms with Crippen LogP contribution >= 0.6 is 0 Å². The fraction of sp³-hybridized carbons (Fsp3) is 0.0667. The van der Waals surface area contributed by atoms with Crippen LogP contribution in [0.25, 0.3) is 5.70 Å². The minimum absolute atomic E-state index is 0.00516. The van der Waals surface area contributed by atoms with Gasteiger partial charge in [-0.15, -0.1) is 0 Å². The first-order valence-electron chi connectivity index (χ1n) is 11.9. The molecule has 4 aromatic rings. The predicted octanol–water partition coefficient (Wildman–Crippen LogP) is 4.88. The second kappa shape index (κ2) is 10.4. The van der Waals surface area contributed by atoms with Crippen LogP contribution in [0.2, 0.25) is 0 Å². The Bertz CT molecular complexity index is 1630. The van der Waals surface area contributed by atoms with Crippen molar-refractivity contribution in [3.63, 3.8) is 0 Å². The lowest BCUT2D eigenvalue weighted by molar-refractivity contribution is 0.0972. The second-order valence-corrected chi connectivity index (χ2v) is 10.4. The maximum Gasteiger partial charge on any atom is 0.265 e. The molecule has 7 nitrogen and oxygen atoms in total. The number of carbonyl (C=O) groups excluding carboxylic acids is 2. The molecule has 1 N–H and O–H groups in total. The zero-order chi connectivity index (χ0) is 26.7. The highest BCUT2D eigenvalue weighted by Gasteiger charge is 2.40. The zero-order valence-corrected chi connectivity index (χ0v) is 21.3. The molecule has 1 aliphatic rings. The molecule has 8 heteroatoms. The molecular weight excluding hydrogens is 500 g/mol. The number of ketones is 1. The lowest BCUT2D eigenvalue weighted by Crippen LogP contribution is -2.41. The Hall–Kier alpha value is -4.69. The van der Waals surface area contributed by atoms with Gasteiger partial charge in [0.25, 0.3) is 15.9 Å². The molecule has 5 rings (SSSR count). The number of nitrogens with zero attached hydrogens (tertiary/aromatic N) is 1. The van der Waals surface area contributed by atoms with Gasteiger partial charge in [0.1, 0.15) is 11.4 Å². The van der Waals surface area contributed by atoms with E-state index in [2.05, 4.69) is 5.32 Å². The third kappa shape index (κ3) is 4.69. The van der Waals surface area contributed by atoms with E-state index >= 15 is 0 Å². The topological polar surface area (TPSA) is 92.8 Å². The van der Waals surface area contributed by atoms with E-state index in [-0.39, 0.29) is 28.4 Å². The number of methoxy groups -OCH3 is 1. The molecule has 190 valence electrons. The summed E-state index contributed by atoms with van der Waals surface area (Å²) in [4.78, 5) is 27.4. The number of sulfonamides is 1. The summed E-state index contributed by atoms with van der Waals surface area (Å²) in [5.41, 5.74) is 1.56. The maximum atomic E-state index is 14.0. The number of hydrogen-bond donors (Lipinski definition) is 1. The Kier molecular flexibility index (Phi) is 6.81. The van der Waals surface area contributed by atoms with Crippen LogP contribution in [0.15, 0.2) is 120 Å². The predicted molar refractivity (Wildman–Crippen MR) is 144 cm³/mol. The lowest BCUT2D eigenvalue weighted by Gasteiger charge is -2.34. The first-order valence-corrected chi connectivity index (χ1v) is 13.3. The van der Waals surface area contributed by atoms with Crippen molar-refractivity contribution in [2.24, 2.45) is 0 Å². The zero-order valence-electron chi connectivity index (χ0n) is 20.5. The van der Waals surface area contributed by atoms with Crippen LogP contribution in [0.4, 0.5) is 0 Å². The number of carbonyl (C=O) groups is 2. The Labute approximate surface area is 221 Å². The highest BCUT2D eigenvalue weighted by molar-refractivity contribution is 7.89. The fourth-order valence-corrected chi connectivity index (χ4v) is 5.98. The average molecular weight is 525 g/mol. The van der Waals surface area contributed by atoms with Crippen molar-refractivity contribution in [1.29, 1.82) is 0 Å². The molecule has 0 spiro atoms. The van der Waals surface area contributed by atoms with Crippen molar-refractivity contribution in [2.75, 3.05) is 7.11 Å². The second-order valence-electron chi connectivity index (χ2n) is 8.59. The third-order valence-corrected chi connectivity index (χ3v) is 8.03. The summed E-state index contributed by atoms with van der Waals surface area (Å²) >= 11 is 0. The molecule has 1 amide bonds. The van der Waals surface area contributed by atoms with Crippen LogP contribution in [0.1, 0.15) is 31.8 Å². The van der Waals surface area contributed by atoms with Crippen molar-refractivity contribution >= 4 is 27.4 Å². The number of Topliss-reactive ketones (excluding diaryl/α,β-unsaturated/α-hetero) is 1. The number of rotatable bonds is 7. The van der Waals surface area contributed by atoms with Crippen molar-refractivity contribution < 1.29 is 22.7 Å². The van der Waals surface area contributed by atoms with Gasteiger partial charge >= 0.3 is 0 Å². The Morgan fingerprint density at radius 3 is 2.03 bits per heavy atom. The molecule has 0 unspecified atom stereocenters. The number of allylic oxidation sites excluding steroid dienone is 1. The van der Waals surface area contributed by atoms with Gasteiger partial charge in [0.2, 0.25) is 5.78 Å². The van der Waals surface area contributed by atoms with E-state index in [4.69, 9.17) is 4.74 Å². The monoisotopic (exact) mass is 524 g/mol. The SMILES string of the molecule is COc1ccc(C(=O)NC2=C(C(=O)c3ccccc3)N(Cc3ccccc3)S(=O)(=O)c3ccccc32)cc1. The molecule has 0 aliphatic carbocycles. The van der Waals surface area contributed by atoms with Crippen LogP contribution < -0.4 is 10.1 Å². The highest BCUT2D eigenvalue weighted by Crippen LogP contribution is 2.38. The summed E-state index contributed by atoms with van der Waals surface area (Å²) in [5.74, 6) is -0.428. The number of nitrogens with one attached hydrogen (secondary N) is 1. The number of ether oxygens (including phenoxy) is 1. The van der Waals surface area contributed by atoms with Crippen molar-refractivity contribution in [3.8, 4) is 5.75 Å². The van der Waals surface area contributed by atoms with E-state index in [1.165, 1.54) is 13.2 Å². The molecule has 1 heterocycles. The largest absolute Gasteiger partial charge is 0.497 e. The van der Waals surface area contributed by atoms with Gasteiger partial charge < -0.3 is 10.1 Å². The summed E-state index contributed by atoms with van der Waals surface area (Å²) in [6.07, 6.45) is 0. The first kappa shape index (κ1) is 25.0. The highest BCUT2D eigenvalue weighted by atomic mass is 32.2. The number of benzene rings is 4. The molecule has 0 saturated heterocycles. The van der Waals surface area contributed by atoms with Gasteiger partial charge in [-0.1, -0.05) is 78.9 Å². The third-order valence-electron chi connectivity index (χ3n) is 6.22. The van der Waals surface area contributed by atoms with E-state index < -0.39 is 21.7 Å². The molecular formula is C30H24N2O5S. The fourth-order valence-electron chi connectivity index (χ4n) is 4.31. The van der Waals surface area contributed by atoms with Gasteiger partial charge in [0, 0.05) is 16.7 Å². The van der Waals surface area contributed by atoms with Crippen LogP contribution in [0, 0.1) is 0 Å². The van der Waals surface area contributed by atoms with E-state index in [1.807, 2.05) is 6.07 Å². The minimum Gasteiger partial charge on any atom is -0.497 e. The summed E-state index contributed by atoms with van der Waals surface area (Å²) in [7, 11) is -2.61. The number of fused-ring (bicyclic) bond motifs is 1. The van der Waals surface area contributed by atoms with E-state index in [9.17, 15) is 18.0 Å². The summed E-state index contributed by atoms with van der Waals surface area (Å²) in [5, 5.41) is 2.86. The van der Waals surface area contributed by atoms with Gasteiger partial charge in [-0.05, 0) is 35.9 Å². The van der Waals surface area contributed by atoms with Gasteiger partial charge in [-0.25, -0.2) is 8.42 Å². The van der Waals surface area contributed by atoms with Gasteiger partial charge in [-0.2, -0.15) is 0 Å². The van der Waals surface area contributed by atoms with Crippen LogP contribution in [-0.4, -0.2) is 31.5 Å². The average Bonchev–Trinajstić information content (AvgIpc) is 2.96. The molecule has 4 aromatic carbocycles. The molecule has 0 aromatic heterocycles. The van der Waals surface area contributed by atoms with E-state index in [0.29, 0.717) is 22.4 Å². The minimum atomic E-state index is -4.14. The van der Waals surface area contributed by atoms with E-state index in [0.717, 1.165) is 4.31 Å². The smallest absolute Gasteiger partial charge is 0.265 e. The first-order chi connectivity index (χ1) is 18.4. The molecule has 0 bridgehead atoms. The van der Waals surface area contributed by atoms with Crippen LogP contribution in [0.5, 0.6) is 5.75 Å². The Morgan fingerprint density at radius 1 is 0.763 bits per heavy atom. The molecule has 0 radical (unpaired) electrons. The Morgan fingerprint density at radius 2 is 1.37 bits per heavy atom. The molecule has 38 heavy (non-hydrogen) atoms. The summed E-state index contributed by atoms with van der Waals surface area (Å²) in [6.45, 7) is -0.0900. The molecule has 0 saturated carbocycles. The standard InChI is InChI=1S/C30H24N2O5S/c1-37-24-18-16-23(17-19-24)30(34)31-27-25-14-8-9-15-26(25)38(35,36)32(20-21-10-4-2-5-11-21)28(27)29(33)22-12-6-3-7-13-22/h2-19H,20H2,1H3,(H,31,34). The van der Waals surface area contributed by atoms with Crippen LogP contribution in [0.3, 0.4) is 0 Å². The van der Waals surface area contributed by atoms with Crippen molar-refractivity contribution in [1.82, 2.24) is 9.62 Å². The lowest BCUT2D eigenvalue weighted by atomic mass is 10.0. The molecule has 1 aliphatic heterocycles. The quantitative estimate of drug-likeness (QED) is 0.348. The molecule has 0 atom stereocenters. The number of amides is 1. The van der Waals surface area contributed by atoms with Crippen molar-refractivity contribution in [3.05, 3.63) is 137 Å².